The summed E-state index contributed by atoms with van der Waals surface area (Å²) in [5, 5.41) is 4.85. The molecule has 3 aliphatic rings. The van der Waals surface area contributed by atoms with E-state index >= 15 is 0 Å². The molecule has 3 heterocycles. The molecule has 34 heavy (non-hydrogen) atoms. The van der Waals surface area contributed by atoms with Crippen LogP contribution >= 0.6 is 0 Å². The minimum Gasteiger partial charge on any atom is -0.482 e. The maximum Gasteiger partial charge on any atom is 0.409 e. The van der Waals surface area contributed by atoms with Gasteiger partial charge in [-0.2, -0.15) is 5.10 Å². The van der Waals surface area contributed by atoms with Crippen molar-refractivity contribution in [3.63, 3.8) is 0 Å². The number of carbonyl (C=O) groups is 2. The van der Waals surface area contributed by atoms with Gasteiger partial charge in [-0.1, -0.05) is 12.1 Å². The fourth-order valence-corrected chi connectivity index (χ4v) is 4.91. The van der Waals surface area contributed by atoms with E-state index in [1.165, 1.54) is 0 Å². The Hall–Kier alpha value is -3.03. The third kappa shape index (κ3) is 4.38. The van der Waals surface area contributed by atoms with Crippen molar-refractivity contribution in [3.8, 4) is 17.0 Å². The highest BCUT2D eigenvalue weighted by Crippen LogP contribution is 2.50. The van der Waals surface area contributed by atoms with Gasteiger partial charge in [0.2, 0.25) is 0 Å². The van der Waals surface area contributed by atoms with Crippen LogP contribution in [0.15, 0.2) is 24.3 Å². The smallest absolute Gasteiger partial charge is 0.409 e. The molecule has 1 aromatic heterocycles. The summed E-state index contributed by atoms with van der Waals surface area (Å²) < 4.78 is 19.4. The van der Waals surface area contributed by atoms with E-state index in [1.54, 1.807) is 9.58 Å². The van der Waals surface area contributed by atoms with Crippen LogP contribution in [0.1, 0.15) is 57.7 Å². The fraction of sp³-hybridized carbons (Fsp3) is 0.577. The zero-order valence-corrected chi connectivity index (χ0v) is 20.4. The van der Waals surface area contributed by atoms with Crippen molar-refractivity contribution in [2.45, 2.75) is 71.1 Å². The number of esters is 1. The lowest BCUT2D eigenvalue weighted by Gasteiger charge is -2.44. The average Bonchev–Trinajstić information content (AvgIpc) is 3.55. The van der Waals surface area contributed by atoms with Gasteiger partial charge in [0.1, 0.15) is 29.2 Å². The highest BCUT2D eigenvalue weighted by Gasteiger charge is 2.47. The summed E-state index contributed by atoms with van der Waals surface area (Å²) in [5.41, 5.74) is 2.48. The Bertz CT molecular complexity index is 1100. The van der Waals surface area contributed by atoms with Gasteiger partial charge in [-0.3, -0.25) is 9.48 Å². The second-order valence-corrected chi connectivity index (χ2v) is 10.7. The van der Waals surface area contributed by atoms with Gasteiger partial charge in [0.25, 0.3) is 0 Å². The van der Waals surface area contributed by atoms with Gasteiger partial charge >= 0.3 is 12.1 Å². The molecule has 0 N–H and O–H groups in total. The molecule has 1 aromatic carbocycles. The first-order chi connectivity index (χ1) is 16.2. The van der Waals surface area contributed by atoms with Gasteiger partial charge in [-0.25, -0.2) is 4.79 Å². The topological polar surface area (TPSA) is 82.9 Å². The fourth-order valence-electron chi connectivity index (χ4n) is 4.91. The number of piperidine rings is 1. The van der Waals surface area contributed by atoms with E-state index in [1.807, 2.05) is 52.0 Å². The molecular weight excluding hydrogens is 434 g/mol. The van der Waals surface area contributed by atoms with Crippen molar-refractivity contribution >= 4 is 12.1 Å². The van der Waals surface area contributed by atoms with Crippen LogP contribution in [0.4, 0.5) is 4.79 Å². The average molecular weight is 468 g/mol. The molecule has 1 aliphatic carbocycles. The molecule has 2 aromatic rings. The molecule has 0 bridgehead atoms. The highest BCUT2D eigenvalue weighted by atomic mass is 16.6. The van der Waals surface area contributed by atoms with Crippen molar-refractivity contribution in [2.24, 2.45) is 5.92 Å². The van der Waals surface area contributed by atoms with Crippen LogP contribution in [-0.2, 0) is 26.4 Å². The first-order valence-electron chi connectivity index (χ1n) is 12.1. The lowest BCUT2D eigenvalue weighted by molar-refractivity contribution is -0.155. The number of carbonyl (C=O) groups excluding carboxylic acids is 2. The summed E-state index contributed by atoms with van der Waals surface area (Å²) >= 11 is 0. The Morgan fingerprint density at radius 1 is 1.18 bits per heavy atom. The number of para-hydroxylation sites is 1. The maximum atomic E-state index is 12.6. The van der Waals surface area contributed by atoms with Gasteiger partial charge in [-0.05, 0) is 58.6 Å². The summed E-state index contributed by atoms with van der Waals surface area (Å²) in [5.74, 6) is 0.993. The zero-order valence-electron chi connectivity index (χ0n) is 20.4. The van der Waals surface area contributed by atoms with Gasteiger partial charge in [0.15, 0.2) is 0 Å². The van der Waals surface area contributed by atoms with Crippen molar-refractivity contribution < 1.29 is 23.8 Å². The Labute approximate surface area is 200 Å². The standard InChI is InChI=1S/C26H33N3O5/c1-17-22-23(27-29(17)15-21(30)34-25(2,3)4)19-7-5-6-8-20(19)33-26(22)11-13-28(14-12-26)24(31)32-16-18-9-10-18/h5-8,18H,9-16H2,1-4H3. The van der Waals surface area contributed by atoms with Crippen LogP contribution in [0.5, 0.6) is 5.75 Å². The predicted octanol–water partition coefficient (Wildman–Crippen LogP) is 4.43. The SMILES string of the molecule is Cc1c2c(nn1CC(=O)OC(C)(C)C)-c1ccccc1OC21CCN(C(=O)OCC2CC2)CC1. The zero-order chi connectivity index (χ0) is 24.1. The number of fused-ring (bicyclic) bond motifs is 4. The number of amides is 1. The predicted molar refractivity (Wildman–Crippen MR) is 125 cm³/mol. The third-order valence-corrected chi connectivity index (χ3v) is 6.78. The first-order valence-corrected chi connectivity index (χ1v) is 12.1. The van der Waals surface area contributed by atoms with Gasteiger partial charge in [0.05, 0.1) is 6.61 Å². The highest BCUT2D eigenvalue weighted by molar-refractivity contribution is 5.76. The van der Waals surface area contributed by atoms with E-state index in [0.29, 0.717) is 38.5 Å². The van der Waals surface area contributed by atoms with E-state index in [2.05, 4.69) is 0 Å². The van der Waals surface area contributed by atoms with E-state index < -0.39 is 11.2 Å². The number of hydrogen-bond donors (Lipinski definition) is 0. The number of rotatable bonds is 4. The van der Waals surface area contributed by atoms with Crippen LogP contribution in [0.3, 0.4) is 0 Å². The molecule has 8 nitrogen and oxygen atoms in total. The summed E-state index contributed by atoms with van der Waals surface area (Å²) in [6.07, 6.45) is 3.32. The Morgan fingerprint density at radius 3 is 2.56 bits per heavy atom. The van der Waals surface area contributed by atoms with Crippen molar-refractivity contribution in [1.82, 2.24) is 14.7 Å². The van der Waals surface area contributed by atoms with E-state index in [-0.39, 0.29) is 18.6 Å². The van der Waals surface area contributed by atoms with E-state index in [4.69, 9.17) is 19.3 Å². The van der Waals surface area contributed by atoms with Gasteiger partial charge < -0.3 is 19.1 Å². The number of likely N-dealkylation sites (tertiary alicyclic amines) is 1. The Morgan fingerprint density at radius 2 is 1.88 bits per heavy atom. The molecule has 0 unspecified atom stereocenters. The maximum absolute atomic E-state index is 12.6. The summed E-state index contributed by atoms with van der Waals surface area (Å²) in [4.78, 5) is 26.9. The second-order valence-electron chi connectivity index (χ2n) is 10.7. The molecule has 2 aliphatic heterocycles. The summed E-state index contributed by atoms with van der Waals surface area (Å²) in [7, 11) is 0. The summed E-state index contributed by atoms with van der Waals surface area (Å²) in [6, 6.07) is 7.87. The van der Waals surface area contributed by atoms with E-state index in [9.17, 15) is 9.59 Å². The normalized spacial score (nSPS) is 18.6. The largest absolute Gasteiger partial charge is 0.482 e. The molecule has 1 spiro atoms. The van der Waals surface area contributed by atoms with Crippen molar-refractivity contribution in [1.29, 1.82) is 0 Å². The van der Waals surface area contributed by atoms with Crippen LogP contribution in [-0.4, -0.2) is 52.0 Å². The van der Waals surface area contributed by atoms with Crippen LogP contribution < -0.4 is 4.74 Å². The molecule has 0 atom stereocenters. The second kappa shape index (κ2) is 8.32. The van der Waals surface area contributed by atoms with Crippen molar-refractivity contribution in [3.05, 3.63) is 35.5 Å². The number of ether oxygens (including phenoxy) is 3. The number of benzene rings is 1. The Kier molecular flexibility index (Phi) is 5.57. The lowest BCUT2D eigenvalue weighted by Crippen LogP contribution is -2.49. The molecular formula is C26H33N3O5. The first kappa shape index (κ1) is 22.7. The van der Waals surface area contributed by atoms with Gasteiger partial charge in [0, 0.05) is 42.8 Å². The molecule has 1 saturated heterocycles. The number of hydrogen-bond acceptors (Lipinski definition) is 6. The molecule has 2 fully saturated rings. The molecule has 0 radical (unpaired) electrons. The quantitative estimate of drug-likeness (QED) is 0.619. The van der Waals surface area contributed by atoms with Crippen molar-refractivity contribution in [2.75, 3.05) is 19.7 Å². The number of aromatic nitrogens is 2. The monoisotopic (exact) mass is 467 g/mol. The molecule has 1 amide bonds. The minimum atomic E-state index is -0.604. The van der Waals surface area contributed by atoms with Crippen LogP contribution in [0, 0.1) is 12.8 Å². The third-order valence-electron chi connectivity index (χ3n) is 6.78. The van der Waals surface area contributed by atoms with Crippen LogP contribution in [0.25, 0.3) is 11.3 Å². The minimum absolute atomic E-state index is 0.0357. The molecule has 8 heteroatoms. The molecule has 1 saturated carbocycles. The summed E-state index contributed by atoms with van der Waals surface area (Å²) in [6.45, 7) is 9.19. The van der Waals surface area contributed by atoms with E-state index in [0.717, 1.165) is 41.1 Å². The molecule has 182 valence electrons. The number of nitrogens with zero attached hydrogens (tertiary/aromatic N) is 3. The van der Waals surface area contributed by atoms with Crippen LogP contribution in [0.2, 0.25) is 0 Å². The molecule has 5 rings (SSSR count). The lowest BCUT2D eigenvalue weighted by atomic mass is 9.79. The Balaban J connectivity index is 1.42. The van der Waals surface area contributed by atoms with Gasteiger partial charge in [-0.15, -0.1) is 0 Å².